The molecule has 0 atom stereocenters. The van der Waals surface area contributed by atoms with Crippen molar-refractivity contribution in [3.8, 4) is 0 Å². The van der Waals surface area contributed by atoms with E-state index in [4.69, 9.17) is 0 Å². The van der Waals surface area contributed by atoms with Crippen LogP contribution in [0.3, 0.4) is 0 Å². The molecule has 0 heterocycles. The molecule has 0 aromatic heterocycles. The Hall–Kier alpha value is -3.71. The third kappa shape index (κ3) is 6.44. The number of rotatable bonds is 8. The van der Waals surface area contributed by atoms with Gasteiger partial charge >= 0.3 is 0 Å². The van der Waals surface area contributed by atoms with E-state index in [2.05, 4.69) is 27.5 Å². The zero-order chi connectivity index (χ0) is 21.2. The molecule has 2 aromatic rings. The third-order valence-corrected chi connectivity index (χ3v) is 3.88. The summed E-state index contributed by atoms with van der Waals surface area (Å²) in [6, 6.07) is 14.1. The van der Waals surface area contributed by atoms with Crippen LogP contribution in [0.1, 0.15) is 12.5 Å². The number of aliphatic imine (C=N–C) groups is 1. The summed E-state index contributed by atoms with van der Waals surface area (Å²) in [5.74, 6) is -0.906. The highest BCUT2D eigenvalue weighted by atomic mass is 16.3. The molecule has 0 spiro atoms. The molecule has 0 aliphatic heterocycles. The Labute approximate surface area is 169 Å². The first kappa shape index (κ1) is 21.6. The van der Waals surface area contributed by atoms with Crippen molar-refractivity contribution >= 4 is 41.2 Å². The number of likely N-dealkylation sites (N-methyl/N-ethyl adjacent to an activating group) is 1. The Bertz CT molecular complexity index is 946. The fourth-order valence-electron chi connectivity index (χ4n) is 2.44. The molecule has 0 bridgehead atoms. The second-order valence-corrected chi connectivity index (χ2v) is 6.13. The lowest BCUT2D eigenvalue weighted by molar-refractivity contribution is -0.115. The monoisotopic (exact) mass is 392 g/mol. The standard InChI is InChI=1S/C22H24N4O3/c1-4-16-10-11-18(12-20(16)26-21(28)14-23-3)25-22(29)19(15(2)27)13-24-17-8-6-5-7-9-17/h4-13,23,27H,1,14H2,2-3H3,(H,25,29)(H,26,28). The van der Waals surface area contributed by atoms with E-state index in [-0.39, 0.29) is 23.8 Å². The van der Waals surface area contributed by atoms with Gasteiger partial charge in [-0.15, -0.1) is 0 Å². The predicted molar refractivity (Wildman–Crippen MR) is 118 cm³/mol. The summed E-state index contributed by atoms with van der Waals surface area (Å²) in [5.41, 5.74) is 2.37. The van der Waals surface area contributed by atoms with Gasteiger partial charge in [-0.2, -0.15) is 0 Å². The van der Waals surface area contributed by atoms with Crippen LogP contribution < -0.4 is 16.0 Å². The van der Waals surface area contributed by atoms with E-state index in [0.717, 1.165) is 0 Å². The maximum atomic E-state index is 12.6. The summed E-state index contributed by atoms with van der Waals surface area (Å²) in [6.07, 6.45) is 2.92. The van der Waals surface area contributed by atoms with Crippen molar-refractivity contribution in [1.82, 2.24) is 5.32 Å². The van der Waals surface area contributed by atoms with Gasteiger partial charge in [0.05, 0.1) is 23.5 Å². The summed E-state index contributed by atoms with van der Waals surface area (Å²) in [4.78, 5) is 28.7. The Morgan fingerprint density at radius 2 is 1.86 bits per heavy atom. The highest BCUT2D eigenvalue weighted by Crippen LogP contribution is 2.23. The fourth-order valence-corrected chi connectivity index (χ4v) is 2.44. The van der Waals surface area contributed by atoms with E-state index in [0.29, 0.717) is 22.6 Å². The summed E-state index contributed by atoms with van der Waals surface area (Å²) in [6.45, 7) is 5.29. The molecule has 150 valence electrons. The van der Waals surface area contributed by atoms with E-state index >= 15 is 0 Å². The van der Waals surface area contributed by atoms with Crippen LogP contribution in [-0.2, 0) is 9.59 Å². The lowest BCUT2D eigenvalue weighted by atomic mass is 10.1. The van der Waals surface area contributed by atoms with Gasteiger partial charge in [0.25, 0.3) is 5.91 Å². The average Bonchev–Trinajstić information content (AvgIpc) is 2.69. The zero-order valence-corrected chi connectivity index (χ0v) is 16.4. The van der Waals surface area contributed by atoms with Crippen molar-refractivity contribution in [3.05, 3.63) is 72.0 Å². The molecular formula is C22H24N4O3. The number of aliphatic hydroxyl groups is 1. The van der Waals surface area contributed by atoms with Crippen LogP contribution in [0.15, 0.2) is 71.4 Å². The number of nitrogens with one attached hydrogen (secondary N) is 3. The van der Waals surface area contributed by atoms with Crippen LogP contribution in [0, 0.1) is 0 Å². The number of amides is 2. The first-order valence-corrected chi connectivity index (χ1v) is 8.96. The van der Waals surface area contributed by atoms with Crippen molar-refractivity contribution in [2.45, 2.75) is 6.92 Å². The number of para-hydroxylation sites is 1. The minimum absolute atomic E-state index is 0.0300. The van der Waals surface area contributed by atoms with Crippen molar-refractivity contribution in [1.29, 1.82) is 0 Å². The largest absolute Gasteiger partial charge is 0.512 e. The van der Waals surface area contributed by atoms with Gasteiger partial charge in [0.1, 0.15) is 5.76 Å². The summed E-state index contributed by atoms with van der Waals surface area (Å²) >= 11 is 0. The Morgan fingerprint density at radius 3 is 2.48 bits per heavy atom. The third-order valence-electron chi connectivity index (χ3n) is 3.88. The Balaban J connectivity index is 2.21. The second-order valence-electron chi connectivity index (χ2n) is 6.13. The van der Waals surface area contributed by atoms with Gasteiger partial charge in [-0.05, 0) is 43.8 Å². The lowest BCUT2D eigenvalue weighted by Crippen LogP contribution is -2.25. The molecule has 4 N–H and O–H groups in total. The van der Waals surface area contributed by atoms with E-state index in [1.165, 1.54) is 13.1 Å². The maximum absolute atomic E-state index is 12.6. The molecule has 0 radical (unpaired) electrons. The molecule has 0 unspecified atom stereocenters. The molecular weight excluding hydrogens is 368 g/mol. The smallest absolute Gasteiger partial charge is 0.260 e. The average molecular weight is 392 g/mol. The van der Waals surface area contributed by atoms with E-state index in [1.807, 2.05) is 18.2 Å². The van der Waals surface area contributed by atoms with Crippen molar-refractivity contribution < 1.29 is 14.7 Å². The van der Waals surface area contributed by atoms with Crippen LogP contribution in [-0.4, -0.2) is 36.7 Å². The quantitative estimate of drug-likeness (QED) is 0.313. The Morgan fingerprint density at radius 1 is 1.14 bits per heavy atom. The van der Waals surface area contributed by atoms with Gasteiger partial charge < -0.3 is 21.1 Å². The van der Waals surface area contributed by atoms with Gasteiger partial charge in [-0.1, -0.05) is 36.9 Å². The summed E-state index contributed by atoms with van der Waals surface area (Å²) in [5, 5.41) is 18.1. The van der Waals surface area contributed by atoms with Crippen molar-refractivity contribution in [3.63, 3.8) is 0 Å². The van der Waals surface area contributed by atoms with E-state index < -0.39 is 5.91 Å². The molecule has 2 amide bonds. The molecule has 7 heteroatoms. The van der Waals surface area contributed by atoms with Gasteiger partial charge in [0, 0.05) is 11.9 Å². The van der Waals surface area contributed by atoms with Crippen LogP contribution in [0.25, 0.3) is 6.08 Å². The molecule has 29 heavy (non-hydrogen) atoms. The molecule has 0 aliphatic carbocycles. The number of allylic oxidation sites excluding steroid dienone is 1. The van der Waals surface area contributed by atoms with Crippen LogP contribution in [0.5, 0.6) is 0 Å². The van der Waals surface area contributed by atoms with Crippen LogP contribution in [0.2, 0.25) is 0 Å². The minimum atomic E-state index is -0.525. The van der Waals surface area contributed by atoms with E-state index in [9.17, 15) is 14.7 Å². The van der Waals surface area contributed by atoms with Gasteiger partial charge in [0.15, 0.2) is 0 Å². The van der Waals surface area contributed by atoms with Crippen LogP contribution in [0.4, 0.5) is 17.1 Å². The molecule has 7 nitrogen and oxygen atoms in total. The SMILES string of the molecule is C=Cc1ccc(NC(=O)C(C=Nc2ccccc2)=C(C)O)cc1NC(=O)CNC. The molecule has 0 saturated heterocycles. The first-order valence-electron chi connectivity index (χ1n) is 8.96. The molecule has 0 fully saturated rings. The predicted octanol–water partition coefficient (Wildman–Crippen LogP) is 3.66. The maximum Gasteiger partial charge on any atom is 0.260 e. The number of aliphatic hydroxyl groups excluding tert-OH is 1. The Kier molecular flexibility index (Phi) is 7.88. The topological polar surface area (TPSA) is 103 Å². The van der Waals surface area contributed by atoms with Gasteiger partial charge in [0.2, 0.25) is 5.91 Å². The molecule has 0 saturated carbocycles. The second kappa shape index (κ2) is 10.6. The minimum Gasteiger partial charge on any atom is -0.512 e. The van der Waals surface area contributed by atoms with Gasteiger partial charge in [-0.25, -0.2) is 0 Å². The number of benzene rings is 2. The van der Waals surface area contributed by atoms with Crippen molar-refractivity contribution in [2.75, 3.05) is 24.2 Å². The summed E-state index contributed by atoms with van der Waals surface area (Å²) < 4.78 is 0. The summed E-state index contributed by atoms with van der Waals surface area (Å²) in [7, 11) is 1.67. The number of anilines is 2. The molecule has 2 rings (SSSR count). The van der Waals surface area contributed by atoms with E-state index in [1.54, 1.807) is 43.5 Å². The number of hydrogen-bond donors (Lipinski definition) is 4. The molecule has 2 aromatic carbocycles. The highest BCUT2D eigenvalue weighted by molar-refractivity contribution is 6.18. The number of hydrogen-bond acceptors (Lipinski definition) is 5. The normalized spacial score (nSPS) is 11.7. The molecule has 0 aliphatic rings. The highest BCUT2D eigenvalue weighted by Gasteiger charge is 2.13. The van der Waals surface area contributed by atoms with Gasteiger partial charge in [-0.3, -0.25) is 14.6 Å². The number of carbonyl (C=O) groups is 2. The first-order chi connectivity index (χ1) is 13.9. The fraction of sp³-hybridized carbons (Fsp3) is 0.136. The lowest BCUT2D eigenvalue weighted by Gasteiger charge is -2.12. The number of nitrogens with zero attached hydrogens (tertiary/aromatic N) is 1. The van der Waals surface area contributed by atoms with Crippen molar-refractivity contribution in [2.24, 2.45) is 4.99 Å². The van der Waals surface area contributed by atoms with Crippen LogP contribution >= 0.6 is 0 Å². The number of carbonyl (C=O) groups excluding carboxylic acids is 2. The zero-order valence-electron chi connectivity index (χ0n) is 16.4.